The first-order chi connectivity index (χ1) is 9.15. The van der Waals surface area contributed by atoms with Crippen LogP contribution in [0.1, 0.15) is 16.0 Å². The second-order valence-corrected chi connectivity index (χ2v) is 5.15. The van der Waals surface area contributed by atoms with Crippen LogP contribution >= 0.6 is 11.3 Å². The average molecular weight is 270 g/mol. The molecule has 0 atom stereocenters. The number of thiazole rings is 1. The number of anilines is 1. The van der Waals surface area contributed by atoms with Crippen LogP contribution in [0.2, 0.25) is 0 Å². The Morgan fingerprint density at radius 2 is 2.05 bits per heavy atom. The van der Waals surface area contributed by atoms with Crippen molar-refractivity contribution in [2.24, 2.45) is 0 Å². The number of nitrogens with zero attached hydrogens (tertiary/aromatic N) is 1. The Labute approximate surface area is 113 Å². The van der Waals surface area contributed by atoms with Gasteiger partial charge < -0.3 is 10.8 Å². The minimum atomic E-state index is -0.144. The molecular weight excluding hydrogens is 260 g/mol. The molecule has 3 rings (SSSR count). The minimum Gasteiger partial charge on any atom is -0.492 e. The van der Waals surface area contributed by atoms with Crippen LogP contribution in [0.5, 0.6) is 5.88 Å². The number of aromatic hydroxyl groups is 1. The Balaban J connectivity index is 2.16. The first-order valence-electron chi connectivity index (χ1n) is 5.64. The summed E-state index contributed by atoms with van der Waals surface area (Å²) in [6.07, 6.45) is 4.94. The van der Waals surface area contributed by atoms with E-state index in [1.54, 1.807) is 12.2 Å². The molecular formula is C14H10N2O2S. The van der Waals surface area contributed by atoms with Gasteiger partial charge in [-0.2, -0.15) is 4.98 Å². The molecule has 1 heterocycles. The third-order valence-electron chi connectivity index (χ3n) is 2.86. The predicted molar refractivity (Wildman–Crippen MR) is 76.5 cm³/mol. The zero-order valence-corrected chi connectivity index (χ0v) is 10.6. The highest BCUT2D eigenvalue weighted by Crippen LogP contribution is 2.33. The van der Waals surface area contributed by atoms with Crippen molar-refractivity contribution in [3.8, 4) is 5.88 Å². The number of hydrogen-bond donors (Lipinski definition) is 2. The van der Waals surface area contributed by atoms with E-state index < -0.39 is 0 Å². The summed E-state index contributed by atoms with van der Waals surface area (Å²) in [5.74, 6) is -0.236. The third-order valence-corrected chi connectivity index (χ3v) is 3.68. The predicted octanol–water partition coefficient (Wildman–Crippen LogP) is 2.57. The van der Waals surface area contributed by atoms with E-state index in [0.717, 1.165) is 22.5 Å². The van der Waals surface area contributed by atoms with Crippen LogP contribution in [-0.2, 0) is 4.79 Å². The molecule has 19 heavy (non-hydrogen) atoms. The maximum Gasteiger partial charge on any atom is 0.231 e. The van der Waals surface area contributed by atoms with Crippen molar-refractivity contribution in [1.82, 2.24) is 4.98 Å². The molecule has 1 aliphatic carbocycles. The Morgan fingerprint density at radius 1 is 1.26 bits per heavy atom. The number of ketones is 1. The van der Waals surface area contributed by atoms with Crippen LogP contribution in [0.25, 0.3) is 17.7 Å². The fourth-order valence-electron chi connectivity index (χ4n) is 1.99. The number of nitrogens with two attached hydrogens (primary N) is 1. The van der Waals surface area contributed by atoms with Gasteiger partial charge in [0.2, 0.25) is 5.88 Å². The summed E-state index contributed by atoms with van der Waals surface area (Å²) in [7, 11) is 0. The van der Waals surface area contributed by atoms with E-state index in [4.69, 9.17) is 5.73 Å². The van der Waals surface area contributed by atoms with Gasteiger partial charge in [-0.15, -0.1) is 0 Å². The number of allylic oxidation sites excluding steroid dienone is 2. The molecule has 94 valence electrons. The number of benzene rings is 1. The molecule has 1 aromatic carbocycles. The van der Waals surface area contributed by atoms with Crippen LogP contribution in [0.4, 0.5) is 5.13 Å². The van der Waals surface area contributed by atoms with Crippen molar-refractivity contribution in [1.29, 1.82) is 0 Å². The van der Waals surface area contributed by atoms with Gasteiger partial charge >= 0.3 is 0 Å². The fourth-order valence-corrected chi connectivity index (χ4v) is 2.66. The molecule has 0 saturated heterocycles. The molecule has 0 fully saturated rings. The number of carbonyl (C=O) groups is 1. The van der Waals surface area contributed by atoms with Crippen LogP contribution < -0.4 is 5.73 Å². The van der Waals surface area contributed by atoms with E-state index in [1.807, 2.05) is 24.3 Å². The molecule has 1 aromatic heterocycles. The van der Waals surface area contributed by atoms with Gasteiger partial charge in [-0.3, -0.25) is 4.79 Å². The summed E-state index contributed by atoms with van der Waals surface area (Å²) < 4.78 is 0. The van der Waals surface area contributed by atoms with Crippen molar-refractivity contribution >= 4 is 40.0 Å². The van der Waals surface area contributed by atoms with Gasteiger partial charge in [0.15, 0.2) is 10.9 Å². The third kappa shape index (κ3) is 2.04. The number of aromatic nitrogens is 1. The zero-order chi connectivity index (χ0) is 13.4. The Morgan fingerprint density at radius 3 is 2.79 bits per heavy atom. The van der Waals surface area contributed by atoms with Gasteiger partial charge in [0.1, 0.15) is 0 Å². The fraction of sp³-hybridized carbons (Fsp3) is 0. The van der Waals surface area contributed by atoms with Crippen molar-refractivity contribution in [2.75, 3.05) is 5.73 Å². The van der Waals surface area contributed by atoms with Crippen LogP contribution in [-0.4, -0.2) is 15.9 Å². The molecule has 1 aliphatic rings. The number of carbonyl (C=O) groups excluding carboxylic acids is 1. The van der Waals surface area contributed by atoms with Gasteiger partial charge in [-0.1, -0.05) is 41.7 Å². The van der Waals surface area contributed by atoms with Gasteiger partial charge in [-0.25, -0.2) is 0 Å². The van der Waals surface area contributed by atoms with Crippen LogP contribution in [0, 0.1) is 0 Å². The highest BCUT2D eigenvalue weighted by Gasteiger charge is 2.18. The summed E-state index contributed by atoms with van der Waals surface area (Å²) >= 11 is 1.15. The average Bonchev–Trinajstić information content (AvgIpc) is 2.71. The molecule has 4 nitrogen and oxygen atoms in total. The molecule has 0 bridgehead atoms. The summed E-state index contributed by atoms with van der Waals surface area (Å²) in [6.45, 7) is 0. The van der Waals surface area contributed by atoms with Gasteiger partial charge in [0, 0.05) is 5.57 Å². The Kier molecular flexibility index (Phi) is 2.68. The monoisotopic (exact) mass is 270 g/mol. The maximum atomic E-state index is 12.0. The van der Waals surface area contributed by atoms with Crippen molar-refractivity contribution in [2.45, 2.75) is 0 Å². The molecule has 0 unspecified atom stereocenters. The molecule has 0 spiro atoms. The lowest BCUT2D eigenvalue weighted by atomic mass is 9.91. The number of hydrogen-bond acceptors (Lipinski definition) is 5. The van der Waals surface area contributed by atoms with Gasteiger partial charge in [-0.05, 0) is 23.3 Å². The first kappa shape index (κ1) is 11.7. The van der Waals surface area contributed by atoms with E-state index >= 15 is 0 Å². The SMILES string of the molecule is Nc1nc(O)c(/C=C2/C(=O)C=Cc3ccccc32)s1. The standard InChI is InChI=1S/C14H10N2O2S/c15-14-16-13(18)12(19-14)7-10-9-4-2-1-3-8(9)5-6-11(10)17/h1-7,18H,(H2,15,16)/b10-7+. The lowest BCUT2D eigenvalue weighted by Gasteiger charge is -2.12. The highest BCUT2D eigenvalue weighted by molar-refractivity contribution is 7.16. The number of rotatable bonds is 1. The molecule has 0 radical (unpaired) electrons. The van der Waals surface area contributed by atoms with E-state index in [1.165, 1.54) is 6.08 Å². The lowest BCUT2D eigenvalue weighted by Crippen LogP contribution is -2.04. The molecule has 3 N–H and O–H groups in total. The maximum absolute atomic E-state index is 12.0. The second-order valence-electron chi connectivity index (χ2n) is 4.08. The van der Waals surface area contributed by atoms with Crippen molar-refractivity contribution in [3.63, 3.8) is 0 Å². The largest absolute Gasteiger partial charge is 0.492 e. The van der Waals surface area contributed by atoms with Gasteiger partial charge in [0.05, 0.1) is 4.88 Å². The summed E-state index contributed by atoms with van der Waals surface area (Å²) in [6, 6.07) is 7.61. The number of nitrogen functional groups attached to an aromatic ring is 1. The normalized spacial score (nSPS) is 15.8. The summed E-state index contributed by atoms with van der Waals surface area (Å²) in [5, 5.41) is 9.92. The molecule has 0 saturated carbocycles. The lowest BCUT2D eigenvalue weighted by molar-refractivity contribution is -0.109. The van der Waals surface area contributed by atoms with E-state index in [9.17, 15) is 9.90 Å². The quantitative estimate of drug-likeness (QED) is 0.781. The van der Waals surface area contributed by atoms with E-state index in [2.05, 4.69) is 4.98 Å². The zero-order valence-electron chi connectivity index (χ0n) is 9.83. The second kappa shape index (κ2) is 4.37. The highest BCUT2D eigenvalue weighted by atomic mass is 32.1. The van der Waals surface area contributed by atoms with Gasteiger partial charge in [0.25, 0.3) is 0 Å². The minimum absolute atomic E-state index is 0.0925. The summed E-state index contributed by atoms with van der Waals surface area (Å²) in [4.78, 5) is 16.2. The smallest absolute Gasteiger partial charge is 0.231 e. The topological polar surface area (TPSA) is 76.2 Å². The molecule has 0 aliphatic heterocycles. The van der Waals surface area contributed by atoms with Crippen molar-refractivity contribution in [3.05, 3.63) is 46.3 Å². The Hall–Kier alpha value is -2.40. The van der Waals surface area contributed by atoms with E-state index in [0.29, 0.717) is 10.5 Å². The Bertz CT molecular complexity index is 729. The first-order valence-corrected chi connectivity index (χ1v) is 6.45. The van der Waals surface area contributed by atoms with Crippen LogP contribution in [0.3, 0.4) is 0 Å². The molecule has 0 amide bonds. The molecule has 5 heteroatoms. The van der Waals surface area contributed by atoms with Crippen molar-refractivity contribution < 1.29 is 9.90 Å². The number of fused-ring (bicyclic) bond motifs is 1. The summed E-state index contributed by atoms with van der Waals surface area (Å²) in [5.41, 5.74) is 7.90. The van der Waals surface area contributed by atoms with E-state index in [-0.39, 0.29) is 16.8 Å². The van der Waals surface area contributed by atoms with Crippen LogP contribution in [0.15, 0.2) is 30.3 Å². The molecule has 2 aromatic rings.